The first-order valence-electron chi connectivity index (χ1n) is 9.77. The summed E-state index contributed by atoms with van der Waals surface area (Å²) in [6.45, 7) is 6.41. The number of nitrogens with zero attached hydrogens (tertiary/aromatic N) is 3. The third-order valence-corrected chi connectivity index (χ3v) is 5.14. The van der Waals surface area contributed by atoms with E-state index >= 15 is 0 Å². The number of hydrogen-bond acceptors (Lipinski definition) is 6. The highest BCUT2D eigenvalue weighted by molar-refractivity contribution is 5.82. The van der Waals surface area contributed by atoms with E-state index in [0.717, 1.165) is 33.8 Å². The Bertz CT molecular complexity index is 1130. The molecule has 162 valence electrons. The number of nitro benzene ring substituents is 1. The van der Waals surface area contributed by atoms with E-state index in [9.17, 15) is 10.1 Å². The minimum atomic E-state index is -0.377. The van der Waals surface area contributed by atoms with Crippen LogP contribution in [-0.2, 0) is 6.54 Å². The van der Waals surface area contributed by atoms with Crippen LogP contribution in [-0.4, -0.2) is 29.9 Å². The molecule has 3 aromatic rings. The normalized spacial score (nSPS) is 11.0. The van der Waals surface area contributed by atoms with Crippen molar-refractivity contribution in [3.8, 4) is 17.2 Å². The van der Waals surface area contributed by atoms with Crippen LogP contribution in [0.4, 0.5) is 5.69 Å². The van der Waals surface area contributed by atoms with E-state index in [1.165, 1.54) is 6.07 Å². The molecule has 0 unspecified atom stereocenters. The van der Waals surface area contributed by atoms with Crippen LogP contribution in [0.15, 0.2) is 47.6 Å². The highest BCUT2D eigenvalue weighted by atomic mass is 16.6. The minimum absolute atomic E-state index is 0.0694. The van der Waals surface area contributed by atoms with Gasteiger partial charge in [0.05, 0.1) is 37.6 Å². The topological polar surface area (TPSA) is 90.9 Å². The molecule has 8 heteroatoms. The molecule has 3 rings (SSSR count). The van der Waals surface area contributed by atoms with Crippen LogP contribution < -0.4 is 14.9 Å². The summed E-state index contributed by atoms with van der Waals surface area (Å²) in [5.41, 5.74) is 8.74. The summed E-state index contributed by atoms with van der Waals surface area (Å²) in [7, 11) is 3.21. The Morgan fingerprint density at radius 1 is 1.06 bits per heavy atom. The maximum Gasteiger partial charge on any atom is 0.271 e. The molecule has 1 N–H and O–H groups in total. The lowest BCUT2D eigenvalue weighted by Crippen LogP contribution is -2.06. The molecule has 0 aliphatic carbocycles. The summed E-state index contributed by atoms with van der Waals surface area (Å²) >= 11 is 0. The third-order valence-electron chi connectivity index (χ3n) is 5.14. The molecule has 0 aliphatic rings. The van der Waals surface area contributed by atoms with Crippen molar-refractivity contribution in [2.24, 2.45) is 5.10 Å². The molecular weight excluding hydrogens is 396 g/mol. The van der Waals surface area contributed by atoms with Gasteiger partial charge in [0.25, 0.3) is 5.69 Å². The van der Waals surface area contributed by atoms with Gasteiger partial charge in [-0.25, -0.2) is 0 Å². The number of rotatable bonds is 8. The van der Waals surface area contributed by atoms with Gasteiger partial charge in [-0.15, -0.1) is 0 Å². The molecule has 0 radical (unpaired) electrons. The highest BCUT2D eigenvalue weighted by Crippen LogP contribution is 2.28. The smallest absolute Gasteiger partial charge is 0.271 e. The summed E-state index contributed by atoms with van der Waals surface area (Å²) in [6, 6.07) is 12.6. The SMILES string of the molecule is COc1ccc(CN/N=C/c2cc(C)n(-c3cc([N+](=O)[O-])ccc3C)c2C)cc1OC. The lowest BCUT2D eigenvalue weighted by Gasteiger charge is -2.12. The molecule has 0 spiro atoms. The molecule has 0 saturated heterocycles. The van der Waals surface area contributed by atoms with E-state index < -0.39 is 0 Å². The molecule has 0 aliphatic heterocycles. The van der Waals surface area contributed by atoms with Gasteiger partial charge in [-0.3, -0.25) is 10.1 Å². The number of ether oxygens (including phenoxy) is 2. The first kappa shape index (κ1) is 21.9. The largest absolute Gasteiger partial charge is 0.493 e. The van der Waals surface area contributed by atoms with Crippen LogP contribution >= 0.6 is 0 Å². The Kier molecular flexibility index (Phi) is 6.59. The van der Waals surface area contributed by atoms with E-state index in [0.29, 0.717) is 18.0 Å². The first-order chi connectivity index (χ1) is 14.8. The zero-order valence-corrected chi connectivity index (χ0v) is 18.3. The molecule has 1 aromatic heterocycles. The van der Waals surface area contributed by atoms with Crippen LogP contribution in [0.25, 0.3) is 5.69 Å². The molecular formula is C23H26N4O4. The van der Waals surface area contributed by atoms with Crippen LogP contribution in [0.1, 0.15) is 28.1 Å². The lowest BCUT2D eigenvalue weighted by atomic mass is 10.1. The molecule has 2 aromatic carbocycles. The van der Waals surface area contributed by atoms with Crippen LogP contribution in [0.3, 0.4) is 0 Å². The van der Waals surface area contributed by atoms with Crippen molar-refractivity contribution in [1.29, 1.82) is 0 Å². The summed E-state index contributed by atoms with van der Waals surface area (Å²) in [4.78, 5) is 10.8. The number of non-ortho nitro benzene ring substituents is 1. The summed E-state index contributed by atoms with van der Waals surface area (Å²) < 4.78 is 12.6. The monoisotopic (exact) mass is 422 g/mol. The van der Waals surface area contributed by atoms with E-state index in [1.54, 1.807) is 32.6 Å². The Morgan fingerprint density at radius 3 is 2.48 bits per heavy atom. The first-order valence-corrected chi connectivity index (χ1v) is 9.77. The molecule has 0 atom stereocenters. The Hall–Kier alpha value is -3.81. The van der Waals surface area contributed by atoms with Crippen LogP contribution in [0, 0.1) is 30.9 Å². The standard InChI is InChI=1S/C23H26N4O4/c1-15-6-8-20(27(28)29)12-21(15)26-16(2)10-19(17(26)3)14-25-24-13-18-7-9-22(30-4)23(11-18)31-5/h6-12,14,24H,13H2,1-5H3/b25-14+. The van der Waals surface area contributed by atoms with Crippen molar-refractivity contribution in [2.75, 3.05) is 14.2 Å². The Morgan fingerprint density at radius 2 is 1.81 bits per heavy atom. The molecule has 1 heterocycles. The number of nitro groups is 1. The summed E-state index contributed by atoms with van der Waals surface area (Å²) in [5, 5.41) is 15.5. The number of hydrazone groups is 1. The summed E-state index contributed by atoms with van der Waals surface area (Å²) in [5.74, 6) is 1.35. The molecule has 31 heavy (non-hydrogen) atoms. The number of aromatic nitrogens is 1. The van der Waals surface area contributed by atoms with Gasteiger partial charge in [-0.05, 0) is 50.1 Å². The van der Waals surface area contributed by atoms with Gasteiger partial charge in [0.1, 0.15) is 0 Å². The second-order valence-corrected chi connectivity index (χ2v) is 7.17. The predicted molar refractivity (Wildman–Crippen MR) is 121 cm³/mol. The van der Waals surface area contributed by atoms with Crippen LogP contribution in [0.2, 0.25) is 0 Å². The van der Waals surface area contributed by atoms with Crippen molar-refractivity contribution in [1.82, 2.24) is 9.99 Å². The number of benzene rings is 2. The third kappa shape index (κ3) is 4.69. The minimum Gasteiger partial charge on any atom is -0.493 e. The number of hydrogen-bond donors (Lipinski definition) is 1. The fourth-order valence-electron chi connectivity index (χ4n) is 3.48. The van der Waals surface area contributed by atoms with E-state index in [1.807, 2.05) is 49.6 Å². The van der Waals surface area contributed by atoms with Gasteiger partial charge in [0.2, 0.25) is 0 Å². The number of methoxy groups -OCH3 is 2. The van der Waals surface area contributed by atoms with Crippen molar-refractivity contribution < 1.29 is 14.4 Å². The van der Waals surface area contributed by atoms with Gasteiger partial charge < -0.3 is 19.5 Å². The second-order valence-electron chi connectivity index (χ2n) is 7.17. The van der Waals surface area contributed by atoms with Crippen molar-refractivity contribution in [3.05, 3.63) is 80.7 Å². The van der Waals surface area contributed by atoms with Gasteiger partial charge in [0.15, 0.2) is 11.5 Å². The molecule has 8 nitrogen and oxygen atoms in total. The van der Waals surface area contributed by atoms with E-state index in [4.69, 9.17) is 9.47 Å². The lowest BCUT2D eigenvalue weighted by molar-refractivity contribution is -0.384. The van der Waals surface area contributed by atoms with E-state index in [2.05, 4.69) is 10.5 Å². The van der Waals surface area contributed by atoms with Gasteiger partial charge in [-0.2, -0.15) is 5.10 Å². The quantitative estimate of drug-likeness (QED) is 0.329. The maximum absolute atomic E-state index is 11.2. The van der Waals surface area contributed by atoms with Gasteiger partial charge >= 0.3 is 0 Å². The van der Waals surface area contributed by atoms with E-state index in [-0.39, 0.29) is 10.6 Å². The Balaban J connectivity index is 1.78. The summed E-state index contributed by atoms with van der Waals surface area (Å²) in [6.07, 6.45) is 1.76. The molecule has 0 saturated carbocycles. The average molecular weight is 422 g/mol. The zero-order valence-electron chi connectivity index (χ0n) is 18.3. The van der Waals surface area contributed by atoms with Gasteiger partial charge in [-0.1, -0.05) is 12.1 Å². The number of aryl methyl sites for hydroxylation is 2. The molecule has 0 bridgehead atoms. The Labute approximate surface area is 181 Å². The predicted octanol–water partition coefficient (Wildman–Crippen LogP) is 4.45. The fourth-order valence-corrected chi connectivity index (χ4v) is 3.48. The second kappa shape index (κ2) is 9.34. The average Bonchev–Trinajstić information content (AvgIpc) is 3.04. The fraction of sp³-hybridized carbons (Fsp3) is 0.261. The van der Waals surface area contributed by atoms with Gasteiger partial charge in [0, 0.05) is 29.1 Å². The zero-order chi connectivity index (χ0) is 22.5. The van der Waals surface area contributed by atoms with Crippen molar-refractivity contribution in [2.45, 2.75) is 27.3 Å². The van der Waals surface area contributed by atoms with Crippen LogP contribution in [0.5, 0.6) is 11.5 Å². The van der Waals surface area contributed by atoms with Crippen molar-refractivity contribution >= 4 is 11.9 Å². The van der Waals surface area contributed by atoms with Crippen molar-refractivity contribution in [3.63, 3.8) is 0 Å². The molecule has 0 fully saturated rings. The highest BCUT2D eigenvalue weighted by Gasteiger charge is 2.15. The number of nitrogens with one attached hydrogen (secondary N) is 1. The maximum atomic E-state index is 11.2. The molecule has 0 amide bonds.